The lowest BCUT2D eigenvalue weighted by Gasteiger charge is -2.12. The number of pyridine rings is 1. The Labute approximate surface area is 145 Å². The number of aromatic nitrogens is 2. The Morgan fingerprint density at radius 1 is 0.800 bits per heavy atom. The molecular weight excluding hydrogens is 304 g/mol. The molecule has 1 aliphatic carbocycles. The molecular formula is C23H16N2. The van der Waals surface area contributed by atoms with Crippen LogP contribution in [0.2, 0.25) is 0 Å². The summed E-state index contributed by atoms with van der Waals surface area (Å²) >= 11 is 0. The summed E-state index contributed by atoms with van der Waals surface area (Å²) in [6.07, 6.45) is 6.60. The van der Waals surface area contributed by atoms with Gasteiger partial charge in [-0.05, 0) is 41.1 Å². The van der Waals surface area contributed by atoms with E-state index in [1.54, 1.807) is 0 Å². The molecule has 25 heavy (non-hydrogen) atoms. The molecule has 2 nitrogen and oxygen atoms in total. The highest BCUT2D eigenvalue weighted by Crippen LogP contribution is 2.36. The van der Waals surface area contributed by atoms with E-state index in [1.165, 1.54) is 43.8 Å². The fraction of sp³-hybridized carbons (Fsp3) is 0.0870. The Balaban J connectivity index is 2.01. The second-order valence-electron chi connectivity index (χ2n) is 6.77. The zero-order chi connectivity index (χ0) is 16.4. The number of hydrogen-bond acceptors (Lipinski definition) is 1. The summed E-state index contributed by atoms with van der Waals surface area (Å²) in [6, 6.07) is 21.8. The normalized spacial score (nSPS) is 13.9. The summed E-state index contributed by atoms with van der Waals surface area (Å²) in [4.78, 5) is 5.09. The Morgan fingerprint density at radius 2 is 1.64 bits per heavy atom. The van der Waals surface area contributed by atoms with Gasteiger partial charge in [-0.3, -0.25) is 4.40 Å². The molecule has 0 N–H and O–H groups in total. The van der Waals surface area contributed by atoms with Crippen molar-refractivity contribution in [2.24, 2.45) is 0 Å². The Bertz CT molecular complexity index is 1340. The first-order valence-electron chi connectivity index (χ1n) is 8.82. The van der Waals surface area contributed by atoms with Crippen molar-refractivity contribution in [1.82, 2.24) is 9.38 Å². The number of fused-ring (bicyclic) bond motifs is 10. The molecule has 2 heteroatoms. The maximum atomic E-state index is 5.09. The van der Waals surface area contributed by atoms with E-state index in [2.05, 4.69) is 77.2 Å². The smallest absolute Gasteiger partial charge is 0.146 e. The summed E-state index contributed by atoms with van der Waals surface area (Å²) in [5.74, 6) is 0. The molecule has 1 aliphatic rings. The number of aryl methyl sites for hydroxylation is 1. The minimum absolute atomic E-state index is 1.02. The Hall–Kier alpha value is -3.13. The summed E-state index contributed by atoms with van der Waals surface area (Å²) in [5, 5.41) is 6.38. The molecule has 3 aromatic carbocycles. The van der Waals surface area contributed by atoms with E-state index in [0.29, 0.717) is 0 Å². The van der Waals surface area contributed by atoms with Gasteiger partial charge in [-0.15, -0.1) is 0 Å². The molecule has 0 fully saturated rings. The minimum atomic E-state index is 1.02. The maximum Gasteiger partial charge on any atom is 0.146 e. The predicted octanol–water partition coefficient (Wildman–Crippen LogP) is 5.75. The number of hydrogen-bond donors (Lipinski definition) is 0. The topological polar surface area (TPSA) is 17.3 Å². The Kier molecular flexibility index (Phi) is 2.48. The number of nitrogens with zero attached hydrogens (tertiary/aromatic N) is 2. The minimum Gasteiger partial charge on any atom is -0.292 e. The molecule has 6 rings (SSSR count). The fourth-order valence-electron chi connectivity index (χ4n) is 4.29. The molecule has 0 spiro atoms. The van der Waals surface area contributed by atoms with E-state index in [4.69, 9.17) is 4.98 Å². The van der Waals surface area contributed by atoms with Crippen LogP contribution >= 0.6 is 0 Å². The van der Waals surface area contributed by atoms with Crippen molar-refractivity contribution < 1.29 is 0 Å². The largest absolute Gasteiger partial charge is 0.292 e. The molecule has 0 bridgehead atoms. The van der Waals surface area contributed by atoms with Crippen molar-refractivity contribution in [2.45, 2.75) is 12.8 Å². The molecule has 118 valence electrons. The first-order chi connectivity index (χ1) is 12.4. The van der Waals surface area contributed by atoms with E-state index in [1.807, 2.05) is 0 Å². The summed E-state index contributed by atoms with van der Waals surface area (Å²) in [6.45, 7) is 0. The number of rotatable bonds is 0. The number of benzene rings is 3. The molecule has 5 aromatic rings. The quantitative estimate of drug-likeness (QED) is 0.332. The van der Waals surface area contributed by atoms with Crippen LogP contribution in [-0.2, 0) is 6.42 Å². The van der Waals surface area contributed by atoms with Crippen molar-refractivity contribution in [2.75, 3.05) is 0 Å². The van der Waals surface area contributed by atoms with Crippen LogP contribution in [0, 0.1) is 0 Å². The van der Waals surface area contributed by atoms with Crippen molar-refractivity contribution in [1.29, 1.82) is 0 Å². The molecule has 0 saturated carbocycles. The third-order valence-electron chi connectivity index (χ3n) is 5.40. The lowest BCUT2D eigenvalue weighted by atomic mass is 9.99. The third-order valence-corrected chi connectivity index (χ3v) is 5.40. The van der Waals surface area contributed by atoms with Crippen LogP contribution in [0.3, 0.4) is 0 Å². The number of para-hydroxylation sites is 1. The van der Waals surface area contributed by atoms with Gasteiger partial charge in [0.1, 0.15) is 5.65 Å². The zero-order valence-electron chi connectivity index (χ0n) is 13.7. The molecule has 0 radical (unpaired) electrons. The van der Waals surface area contributed by atoms with Crippen LogP contribution in [0.1, 0.15) is 17.8 Å². The van der Waals surface area contributed by atoms with Crippen LogP contribution in [0.5, 0.6) is 0 Å². The van der Waals surface area contributed by atoms with Gasteiger partial charge in [0.2, 0.25) is 0 Å². The van der Waals surface area contributed by atoms with Gasteiger partial charge < -0.3 is 0 Å². The first kappa shape index (κ1) is 13.2. The third kappa shape index (κ3) is 1.66. The predicted molar refractivity (Wildman–Crippen MR) is 105 cm³/mol. The van der Waals surface area contributed by atoms with Crippen LogP contribution in [0.15, 0.2) is 66.7 Å². The van der Waals surface area contributed by atoms with Crippen LogP contribution in [0.25, 0.3) is 44.2 Å². The van der Waals surface area contributed by atoms with Crippen molar-refractivity contribution in [3.8, 4) is 0 Å². The summed E-state index contributed by atoms with van der Waals surface area (Å²) < 4.78 is 2.36. The van der Waals surface area contributed by atoms with Gasteiger partial charge in [0.25, 0.3) is 0 Å². The lowest BCUT2D eigenvalue weighted by Crippen LogP contribution is -1.96. The molecule has 2 heterocycles. The van der Waals surface area contributed by atoms with E-state index >= 15 is 0 Å². The van der Waals surface area contributed by atoms with Gasteiger partial charge in [-0.2, -0.15) is 0 Å². The highest BCUT2D eigenvalue weighted by molar-refractivity contribution is 6.22. The van der Waals surface area contributed by atoms with Gasteiger partial charge in [0.15, 0.2) is 0 Å². The molecule has 2 aromatic heterocycles. The van der Waals surface area contributed by atoms with Gasteiger partial charge in [0.05, 0.1) is 16.9 Å². The average Bonchev–Trinajstić information content (AvgIpc) is 3.07. The highest BCUT2D eigenvalue weighted by atomic mass is 15.0. The molecule has 0 unspecified atom stereocenters. The monoisotopic (exact) mass is 320 g/mol. The van der Waals surface area contributed by atoms with Gasteiger partial charge in [-0.25, -0.2) is 4.98 Å². The summed E-state index contributed by atoms with van der Waals surface area (Å²) in [5.41, 5.74) is 4.78. The molecule has 0 saturated heterocycles. The lowest BCUT2D eigenvalue weighted by molar-refractivity contribution is 0.943. The van der Waals surface area contributed by atoms with Crippen LogP contribution in [0.4, 0.5) is 0 Å². The average molecular weight is 320 g/mol. The van der Waals surface area contributed by atoms with Gasteiger partial charge in [0, 0.05) is 10.8 Å². The molecule has 0 amide bonds. The second kappa shape index (κ2) is 4.70. The van der Waals surface area contributed by atoms with Crippen molar-refractivity contribution >= 4 is 44.2 Å². The first-order valence-corrected chi connectivity index (χ1v) is 8.82. The van der Waals surface area contributed by atoms with Crippen molar-refractivity contribution in [3.05, 3.63) is 78.1 Å². The van der Waals surface area contributed by atoms with E-state index < -0.39 is 0 Å². The Morgan fingerprint density at radius 3 is 2.60 bits per heavy atom. The summed E-state index contributed by atoms with van der Waals surface area (Å²) in [7, 11) is 0. The van der Waals surface area contributed by atoms with Gasteiger partial charge >= 0.3 is 0 Å². The number of imidazole rings is 1. The standard InChI is InChI=1S/C23H16N2/c1-2-8-16-15(7-1)13-14-18-17-9-3-5-11-20(17)25-21-12-6-4-10-19(21)24-23(25)22(16)18/h1-3,5-9,11-14H,4,10H2. The SMILES string of the molecule is C1=Cc2c(nc3c4c5ccccc5ccc4c4ccccc4n23)CC1. The fourth-order valence-corrected chi connectivity index (χ4v) is 4.29. The van der Waals surface area contributed by atoms with E-state index in [9.17, 15) is 0 Å². The molecule has 0 atom stereocenters. The highest BCUT2D eigenvalue weighted by Gasteiger charge is 2.18. The number of allylic oxidation sites excluding steroid dienone is 1. The van der Waals surface area contributed by atoms with Crippen LogP contribution < -0.4 is 0 Å². The maximum absolute atomic E-state index is 5.09. The second-order valence-corrected chi connectivity index (χ2v) is 6.77. The molecule has 0 aliphatic heterocycles. The van der Waals surface area contributed by atoms with Gasteiger partial charge in [-0.1, -0.05) is 60.7 Å². The van der Waals surface area contributed by atoms with Crippen LogP contribution in [-0.4, -0.2) is 9.38 Å². The zero-order valence-corrected chi connectivity index (χ0v) is 13.7. The van der Waals surface area contributed by atoms with E-state index in [-0.39, 0.29) is 0 Å². The van der Waals surface area contributed by atoms with Crippen molar-refractivity contribution in [3.63, 3.8) is 0 Å². The van der Waals surface area contributed by atoms with E-state index in [0.717, 1.165) is 18.5 Å².